The Morgan fingerprint density at radius 2 is 2.10 bits per heavy atom. The van der Waals surface area contributed by atoms with Crippen molar-refractivity contribution in [2.75, 3.05) is 0 Å². The van der Waals surface area contributed by atoms with Crippen LogP contribution in [0.5, 0.6) is 0 Å². The minimum Gasteiger partial charge on any atom is -0.288 e. The quantitative estimate of drug-likeness (QED) is 0.755. The molecule has 0 spiro atoms. The summed E-state index contributed by atoms with van der Waals surface area (Å²) in [6, 6.07) is 10.3. The largest absolute Gasteiger partial charge is 0.288 e. The molecule has 0 fully saturated rings. The second kappa shape index (κ2) is 6.78. The van der Waals surface area contributed by atoms with E-state index in [-0.39, 0.29) is 12.0 Å². The van der Waals surface area contributed by atoms with E-state index in [1.807, 2.05) is 43.5 Å². The Morgan fingerprint density at radius 3 is 2.65 bits per heavy atom. The van der Waals surface area contributed by atoms with Gasteiger partial charge in [-0.25, -0.2) is 4.98 Å². The lowest BCUT2D eigenvalue weighted by atomic mass is 10.1. The van der Waals surface area contributed by atoms with Gasteiger partial charge in [0.05, 0.1) is 12.1 Å². The zero-order valence-corrected chi connectivity index (χ0v) is 13.6. The minimum atomic E-state index is -0.369. The first-order valence-corrected chi connectivity index (χ1v) is 7.88. The number of aryl methyl sites for hydroxylation is 1. The molecule has 5 heteroatoms. The van der Waals surface area contributed by atoms with Crippen LogP contribution in [0.2, 0.25) is 0 Å². The lowest BCUT2D eigenvalue weighted by molar-refractivity contribution is 0.818. The van der Waals surface area contributed by atoms with Gasteiger partial charge in [-0.1, -0.05) is 28.1 Å². The highest BCUT2D eigenvalue weighted by Gasteiger charge is 2.12. The molecule has 102 valence electrons. The number of halogens is 1. The van der Waals surface area contributed by atoms with Crippen LogP contribution >= 0.6 is 27.3 Å². The molecule has 20 heavy (non-hydrogen) atoms. The molecule has 2 atom stereocenters. The lowest BCUT2D eigenvalue weighted by Crippen LogP contribution is -1.99. The van der Waals surface area contributed by atoms with Crippen LogP contribution in [0.1, 0.15) is 35.1 Å². The zero-order valence-electron chi connectivity index (χ0n) is 11.2. The number of aliphatic imine (C=N–C) groups is 1. The molecule has 2 aromatic rings. The van der Waals surface area contributed by atoms with E-state index in [9.17, 15) is 5.26 Å². The van der Waals surface area contributed by atoms with Gasteiger partial charge in [0, 0.05) is 21.8 Å². The van der Waals surface area contributed by atoms with E-state index in [4.69, 9.17) is 0 Å². The average Bonchev–Trinajstić information content (AvgIpc) is 2.86. The fourth-order valence-electron chi connectivity index (χ4n) is 1.71. The van der Waals surface area contributed by atoms with E-state index in [0.717, 1.165) is 20.7 Å². The highest BCUT2D eigenvalue weighted by Crippen LogP contribution is 2.22. The average molecular weight is 348 g/mol. The number of nitriles is 1. The summed E-state index contributed by atoms with van der Waals surface area (Å²) in [4.78, 5) is 8.83. The van der Waals surface area contributed by atoms with Gasteiger partial charge >= 0.3 is 0 Å². The van der Waals surface area contributed by atoms with Crippen LogP contribution in [0.3, 0.4) is 0 Å². The van der Waals surface area contributed by atoms with Crippen LogP contribution in [0.15, 0.2) is 39.1 Å². The number of aromatic nitrogens is 1. The third kappa shape index (κ3) is 3.75. The van der Waals surface area contributed by atoms with Crippen molar-refractivity contribution < 1.29 is 0 Å². The van der Waals surface area contributed by atoms with E-state index in [1.165, 1.54) is 11.3 Å². The van der Waals surface area contributed by atoms with Gasteiger partial charge in [0.1, 0.15) is 10.9 Å². The van der Waals surface area contributed by atoms with Gasteiger partial charge < -0.3 is 0 Å². The molecule has 0 aliphatic rings. The minimum absolute atomic E-state index is 0.0278. The van der Waals surface area contributed by atoms with E-state index in [1.54, 1.807) is 6.21 Å². The number of hydrogen-bond acceptors (Lipinski definition) is 4. The monoisotopic (exact) mass is 347 g/mol. The summed E-state index contributed by atoms with van der Waals surface area (Å²) in [5.41, 5.74) is 2.07. The molecule has 1 heterocycles. The van der Waals surface area contributed by atoms with Crippen molar-refractivity contribution in [3.05, 3.63) is 50.4 Å². The number of rotatable bonds is 4. The van der Waals surface area contributed by atoms with Crippen LogP contribution in [-0.2, 0) is 0 Å². The summed E-state index contributed by atoms with van der Waals surface area (Å²) < 4.78 is 1.05. The van der Waals surface area contributed by atoms with Crippen LogP contribution in [0, 0.1) is 18.3 Å². The Hall–Kier alpha value is -1.51. The molecule has 0 amide bonds. The Morgan fingerprint density at radius 1 is 1.40 bits per heavy atom. The molecule has 0 unspecified atom stereocenters. The summed E-state index contributed by atoms with van der Waals surface area (Å²) in [6.45, 7) is 3.94. The van der Waals surface area contributed by atoms with E-state index in [0.29, 0.717) is 0 Å². The molecule has 2 rings (SSSR count). The Bertz CT molecular complexity index is 640. The van der Waals surface area contributed by atoms with Gasteiger partial charge in [0.25, 0.3) is 0 Å². The van der Waals surface area contributed by atoms with Gasteiger partial charge in [-0.3, -0.25) is 4.99 Å². The third-order valence-electron chi connectivity index (χ3n) is 2.85. The molecule has 3 nitrogen and oxygen atoms in total. The molecule has 0 radical (unpaired) electrons. The molecule has 0 saturated heterocycles. The third-order valence-corrected chi connectivity index (χ3v) is 4.43. The van der Waals surface area contributed by atoms with Crippen molar-refractivity contribution in [3.63, 3.8) is 0 Å². The van der Waals surface area contributed by atoms with E-state index < -0.39 is 0 Å². The van der Waals surface area contributed by atoms with Crippen molar-refractivity contribution in [3.8, 4) is 6.07 Å². The van der Waals surface area contributed by atoms with Crippen molar-refractivity contribution in [1.29, 1.82) is 5.26 Å². The summed E-state index contributed by atoms with van der Waals surface area (Å²) in [7, 11) is 0. The van der Waals surface area contributed by atoms with Gasteiger partial charge in [-0.15, -0.1) is 11.3 Å². The normalized spacial score (nSPS) is 14.1. The first-order chi connectivity index (χ1) is 9.60. The molecule has 1 aromatic heterocycles. The Balaban J connectivity index is 2.11. The number of thiazole rings is 1. The second-order valence-electron chi connectivity index (χ2n) is 4.46. The molecule has 0 bridgehead atoms. The van der Waals surface area contributed by atoms with Crippen LogP contribution in [-0.4, -0.2) is 11.2 Å². The van der Waals surface area contributed by atoms with Gasteiger partial charge in [0.15, 0.2) is 0 Å². The van der Waals surface area contributed by atoms with Gasteiger partial charge in [-0.2, -0.15) is 5.26 Å². The standard InChI is InChI=1S/C15H14BrN3S/c1-10-9-20-15(19-10)13(7-17)8-18-11(2)12-3-5-14(16)6-4-12/h3-6,8-9,11,13H,1-2H3/t11-,13-/m0/s1. The topological polar surface area (TPSA) is 49.0 Å². The molecule has 0 N–H and O–H groups in total. The molecule has 1 aromatic carbocycles. The zero-order chi connectivity index (χ0) is 14.5. The lowest BCUT2D eigenvalue weighted by Gasteiger charge is -2.07. The van der Waals surface area contributed by atoms with E-state index in [2.05, 4.69) is 32.0 Å². The van der Waals surface area contributed by atoms with Crippen molar-refractivity contribution >= 4 is 33.5 Å². The van der Waals surface area contributed by atoms with Crippen LogP contribution in [0.4, 0.5) is 0 Å². The predicted octanol–water partition coefficient (Wildman–Crippen LogP) is 4.65. The van der Waals surface area contributed by atoms with Crippen LogP contribution in [0.25, 0.3) is 0 Å². The number of benzene rings is 1. The second-order valence-corrected chi connectivity index (χ2v) is 6.26. The smallest absolute Gasteiger partial charge is 0.133 e. The maximum absolute atomic E-state index is 9.23. The fraction of sp³-hybridized carbons (Fsp3) is 0.267. The summed E-state index contributed by atoms with van der Waals surface area (Å²) >= 11 is 4.91. The maximum Gasteiger partial charge on any atom is 0.133 e. The first kappa shape index (κ1) is 14.9. The summed E-state index contributed by atoms with van der Waals surface area (Å²) in [5, 5.41) is 12.0. The Kier molecular flexibility index (Phi) is 5.05. The van der Waals surface area contributed by atoms with Crippen molar-refractivity contribution in [1.82, 2.24) is 4.98 Å². The summed E-state index contributed by atoms with van der Waals surface area (Å²) in [5.74, 6) is -0.369. The molecular formula is C15H14BrN3S. The predicted molar refractivity (Wildman–Crippen MR) is 86.3 cm³/mol. The fourth-order valence-corrected chi connectivity index (χ4v) is 2.78. The SMILES string of the molecule is Cc1csc([C@@H](C#N)C=N[C@@H](C)c2ccc(Br)cc2)n1. The molecule has 0 aliphatic heterocycles. The molecule has 0 saturated carbocycles. The number of nitrogens with zero attached hydrogens (tertiary/aromatic N) is 3. The molecular weight excluding hydrogens is 334 g/mol. The highest BCUT2D eigenvalue weighted by molar-refractivity contribution is 9.10. The highest BCUT2D eigenvalue weighted by atomic mass is 79.9. The number of hydrogen-bond donors (Lipinski definition) is 0. The van der Waals surface area contributed by atoms with Gasteiger partial charge in [-0.05, 0) is 31.5 Å². The van der Waals surface area contributed by atoms with Crippen LogP contribution < -0.4 is 0 Å². The van der Waals surface area contributed by atoms with E-state index >= 15 is 0 Å². The Labute approximate surface area is 131 Å². The maximum atomic E-state index is 9.23. The van der Waals surface area contributed by atoms with Crippen molar-refractivity contribution in [2.24, 2.45) is 4.99 Å². The molecule has 0 aliphatic carbocycles. The van der Waals surface area contributed by atoms with Gasteiger partial charge in [0.2, 0.25) is 0 Å². The van der Waals surface area contributed by atoms with Crippen molar-refractivity contribution in [2.45, 2.75) is 25.8 Å². The first-order valence-electron chi connectivity index (χ1n) is 6.20. The summed E-state index contributed by atoms with van der Waals surface area (Å²) in [6.07, 6.45) is 1.70.